The first-order chi connectivity index (χ1) is 12.1. The predicted octanol–water partition coefficient (Wildman–Crippen LogP) is 6.19. The van der Waals surface area contributed by atoms with Gasteiger partial charge in [-0.15, -0.1) is 0 Å². The number of para-hydroxylation sites is 1. The van der Waals surface area contributed by atoms with Crippen molar-refractivity contribution in [3.8, 4) is 0 Å². The van der Waals surface area contributed by atoms with E-state index in [2.05, 4.69) is 79.4 Å². The van der Waals surface area contributed by atoms with Gasteiger partial charge in [0, 0.05) is 34.9 Å². The van der Waals surface area contributed by atoms with Crippen LogP contribution >= 0.6 is 0 Å². The Bertz CT molecular complexity index is 1030. The highest BCUT2D eigenvalue weighted by Crippen LogP contribution is 2.30. The van der Waals surface area contributed by atoms with Crippen LogP contribution in [0.25, 0.3) is 21.7 Å². The molecule has 1 unspecified atom stereocenters. The summed E-state index contributed by atoms with van der Waals surface area (Å²) in [7, 11) is 0. The molecule has 4 aromatic rings. The predicted molar refractivity (Wildman–Crippen MR) is 106 cm³/mol. The molecular weight excluding hydrogens is 304 g/mol. The van der Waals surface area contributed by atoms with Crippen LogP contribution in [0.4, 0.5) is 0 Å². The van der Waals surface area contributed by atoms with Crippen LogP contribution in [0.3, 0.4) is 0 Å². The van der Waals surface area contributed by atoms with E-state index in [-0.39, 0.29) is 0 Å². The summed E-state index contributed by atoms with van der Waals surface area (Å²) in [6, 6.07) is 15.4. The smallest absolute Gasteiger partial charge is 0.0456 e. The zero-order valence-electron chi connectivity index (χ0n) is 15.1. The number of benzene rings is 2. The van der Waals surface area contributed by atoms with E-state index >= 15 is 0 Å². The van der Waals surface area contributed by atoms with Crippen molar-refractivity contribution in [3.63, 3.8) is 0 Å². The summed E-state index contributed by atoms with van der Waals surface area (Å²) in [6.07, 6.45) is 7.18. The van der Waals surface area contributed by atoms with Gasteiger partial charge < -0.3 is 4.98 Å². The van der Waals surface area contributed by atoms with Gasteiger partial charge in [0.15, 0.2) is 0 Å². The van der Waals surface area contributed by atoms with Gasteiger partial charge in [0.05, 0.1) is 0 Å². The molecular formula is C23H24N2. The monoisotopic (exact) mass is 328 g/mol. The maximum Gasteiger partial charge on any atom is 0.0456 e. The third kappa shape index (κ3) is 2.93. The number of nitrogens with zero attached hydrogens (tertiary/aromatic N) is 1. The second-order valence-corrected chi connectivity index (χ2v) is 7.33. The minimum atomic E-state index is 0.467. The number of H-pyrrole nitrogens is 1. The molecule has 25 heavy (non-hydrogen) atoms. The molecule has 0 aliphatic carbocycles. The molecule has 2 aromatic carbocycles. The van der Waals surface area contributed by atoms with Crippen molar-refractivity contribution in [1.82, 2.24) is 9.97 Å². The Morgan fingerprint density at radius 1 is 0.920 bits per heavy atom. The van der Waals surface area contributed by atoms with E-state index < -0.39 is 0 Å². The molecule has 2 heterocycles. The summed E-state index contributed by atoms with van der Waals surface area (Å²) in [5.74, 6) is 0.960. The van der Waals surface area contributed by atoms with Crippen molar-refractivity contribution in [2.24, 2.45) is 0 Å². The third-order valence-electron chi connectivity index (χ3n) is 5.17. The lowest BCUT2D eigenvalue weighted by atomic mass is 9.91. The average Bonchev–Trinajstić information content (AvgIpc) is 3.05. The second kappa shape index (κ2) is 6.36. The van der Waals surface area contributed by atoms with Crippen LogP contribution in [0.2, 0.25) is 0 Å². The van der Waals surface area contributed by atoms with Crippen LogP contribution in [0, 0.1) is 0 Å². The maximum absolute atomic E-state index is 4.44. The number of hydrogen-bond donors (Lipinski definition) is 1. The van der Waals surface area contributed by atoms with Crippen LogP contribution in [-0.4, -0.2) is 9.97 Å². The molecule has 0 spiro atoms. The number of aromatic amines is 1. The quantitative estimate of drug-likeness (QED) is 0.475. The van der Waals surface area contributed by atoms with Crippen LogP contribution in [0.5, 0.6) is 0 Å². The highest BCUT2D eigenvalue weighted by Gasteiger charge is 2.13. The van der Waals surface area contributed by atoms with Crippen molar-refractivity contribution in [1.29, 1.82) is 0 Å². The average molecular weight is 328 g/mol. The summed E-state index contributed by atoms with van der Waals surface area (Å²) >= 11 is 0. The number of nitrogens with one attached hydrogen (secondary N) is 1. The van der Waals surface area contributed by atoms with E-state index in [0.717, 1.165) is 6.42 Å². The first-order valence-electron chi connectivity index (χ1n) is 9.06. The first-order valence-corrected chi connectivity index (χ1v) is 9.06. The fourth-order valence-corrected chi connectivity index (χ4v) is 3.80. The van der Waals surface area contributed by atoms with E-state index in [0.29, 0.717) is 11.8 Å². The van der Waals surface area contributed by atoms with E-state index in [9.17, 15) is 0 Å². The Kier molecular flexibility index (Phi) is 4.04. The van der Waals surface area contributed by atoms with Gasteiger partial charge in [-0.3, -0.25) is 4.98 Å². The van der Waals surface area contributed by atoms with Gasteiger partial charge in [-0.25, -0.2) is 0 Å². The van der Waals surface area contributed by atoms with Crippen molar-refractivity contribution < 1.29 is 0 Å². The first kappa shape index (κ1) is 15.9. The summed E-state index contributed by atoms with van der Waals surface area (Å²) in [5.41, 5.74) is 5.31. The normalized spacial score (nSPS) is 13.0. The second-order valence-electron chi connectivity index (χ2n) is 7.33. The molecule has 0 bridgehead atoms. The zero-order valence-corrected chi connectivity index (χ0v) is 15.1. The summed E-state index contributed by atoms with van der Waals surface area (Å²) in [6.45, 7) is 6.76. The lowest BCUT2D eigenvalue weighted by molar-refractivity contribution is 0.766. The maximum atomic E-state index is 4.44. The Balaban J connectivity index is 1.66. The minimum Gasteiger partial charge on any atom is -0.361 e. The molecule has 2 aromatic heterocycles. The fraction of sp³-hybridized carbons (Fsp3) is 0.261. The molecule has 0 saturated carbocycles. The van der Waals surface area contributed by atoms with Crippen molar-refractivity contribution in [2.45, 2.75) is 39.0 Å². The topological polar surface area (TPSA) is 28.7 Å². The van der Waals surface area contributed by atoms with Crippen LogP contribution in [0.1, 0.15) is 49.3 Å². The molecule has 0 fully saturated rings. The lowest BCUT2D eigenvalue weighted by Gasteiger charge is -2.13. The molecule has 0 aliphatic heterocycles. The van der Waals surface area contributed by atoms with Gasteiger partial charge in [0.2, 0.25) is 0 Å². The van der Waals surface area contributed by atoms with Crippen LogP contribution in [-0.2, 0) is 6.42 Å². The van der Waals surface area contributed by atoms with Crippen LogP contribution in [0.15, 0.2) is 61.1 Å². The number of aromatic nitrogens is 2. The van der Waals surface area contributed by atoms with E-state index in [4.69, 9.17) is 0 Å². The van der Waals surface area contributed by atoms with Crippen molar-refractivity contribution in [3.05, 3.63) is 77.7 Å². The number of rotatable bonds is 4. The summed E-state index contributed by atoms with van der Waals surface area (Å²) in [5, 5.41) is 3.91. The van der Waals surface area contributed by atoms with Gasteiger partial charge in [-0.05, 0) is 52.5 Å². The molecule has 4 rings (SSSR count). The lowest BCUT2D eigenvalue weighted by Crippen LogP contribution is -1.98. The largest absolute Gasteiger partial charge is 0.361 e. The Morgan fingerprint density at radius 2 is 1.76 bits per heavy atom. The SMILES string of the molecule is CC(C)c1cncc2cc(CC(C)c3c[nH]c4ccccc34)ccc12. The highest BCUT2D eigenvalue weighted by molar-refractivity contribution is 5.86. The Hall–Kier alpha value is -2.61. The van der Waals surface area contributed by atoms with E-state index in [1.165, 1.54) is 38.4 Å². The Labute approximate surface area is 148 Å². The van der Waals surface area contributed by atoms with E-state index in [1.807, 2.05) is 12.4 Å². The molecule has 0 amide bonds. The van der Waals surface area contributed by atoms with Gasteiger partial charge >= 0.3 is 0 Å². The van der Waals surface area contributed by atoms with Gasteiger partial charge in [0.25, 0.3) is 0 Å². The highest BCUT2D eigenvalue weighted by atomic mass is 14.7. The Morgan fingerprint density at radius 3 is 2.60 bits per heavy atom. The van der Waals surface area contributed by atoms with Crippen molar-refractivity contribution in [2.75, 3.05) is 0 Å². The minimum absolute atomic E-state index is 0.467. The summed E-state index contributed by atoms with van der Waals surface area (Å²) in [4.78, 5) is 7.83. The third-order valence-corrected chi connectivity index (χ3v) is 5.17. The number of fused-ring (bicyclic) bond motifs is 2. The fourth-order valence-electron chi connectivity index (χ4n) is 3.80. The van der Waals surface area contributed by atoms with Crippen LogP contribution < -0.4 is 0 Å². The molecule has 1 atom stereocenters. The standard InChI is InChI=1S/C23H24N2/c1-15(2)21-13-24-12-18-11-17(8-9-19(18)21)10-16(3)22-14-25-23-7-5-4-6-20(22)23/h4-9,11-16,25H,10H2,1-3H3. The number of hydrogen-bond acceptors (Lipinski definition) is 1. The van der Waals surface area contributed by atoms with Gasteiger partial charge in [-0.2, -0.15) is 0 Å². The van der Waals surface area contributed by atoms with E-state index in [1.54, 1.807) is 0 Å². The van der Waals surface area contributed by atoms with Crippen molar-refractivity contribution >= 4 is 21.7 Å². The zero-order chi connectivity index (χ0) is 17.4. The molecule has 2 heteroatoms. The molecule has 0 aliphatic rings. The molecule has 2 nitrogen and oxygen atoms in total. The molecule has 0 saturated heterocycles. The van der Waals surface area contributed by atoms with Gasteiger partial charge in [-0.1, -0.05) is 51.1 Å². The summed E-state index contributed by atoms with van der Waals surface area (Å²) < 4.78 is 0. The molecule has 126 valence electrons. The molecule has 0 radical (unpaired) electrons. The number of pyridine rings is 1. The van der Waals surface area contributed by atoms with Gasteiger partial charge in [0.1, 0.15) is 0 Å². The molecule has 1 N–H and O–H groups in total.